The molecule has 1 N–H and O–H groups in total. The summed E-state index contributed by atoms with van der Waals surface area (Å²) in [6.07, 6.45) is 2.37. The lowest BCUT2D eigenvalue weighted by Crippen LogP contribution is -2.31. The quantitative estimate of drug-likeness (QED) is 0.614. The van der Waals surface area contributed by atoms with Gasteiger partial charge in [0.1, 0.15) is 11.4 Å². The number of aromatic hydroxyl groups is 1. The summed E-state index contributed by atoms with van der Waals surface area (Å²) < 4.78 is 11.4. The topological polar surface area (TPSA) is 58.7 Å². The molecule has 5 nitrogen and oxygen atoms in total. The summed E-state index contributed by atoms with van der Waals surface area (Å²) in [5.41, 5.74) is 2.63. The minimum atomic E-state index is 0.213. The molecule has 1 atom stereocenters. The Kier molecular flexibility index (Phi) is 5.95. The van der Waals surface area contributed by atoms with E-state index in [9.17, 15) is 5.11 Å². The van der Waals surface area contributed by atoms with Crippen LogP contribution in [-0.4, -0.2) is 34.4 Å². The molecule has 0 aliphatic carbocycles. The molecule has 1 unspecified atom stereocenters. The Balaban J connectivity index is 1.50. The van der Waals surface area contributed by atoms with Gasteiger partial charge in [0.05, 0.1) is 12.6 Å². The van der Waals surface area contributed by atoms with Crippen molar-refractivity contribution in [3.63, 3.8) is 0 Å². The number of halogens is 1. The molecule has 28 heavy (non-hydrogen) atoms. The van der Waals surface area contributed by atoms with Crippen molar-refractivity contribution in [1.29, 1.82) is 0 Å². The van der Waals surface area contributed by atoms with Gasteiger partial charge in [0.25, 0.3) is 0 Å². The van der Waals surface area contributed by atoms with Crippen LogP contribution in [0.3, 0.4) is 0 Å². The lowest BCUT2D eigenvalue weighted by molar-refractivity contribution is 0.0644. The molecule has 0 saturated carbocycles. The van der Waals surface area contributed by atoms with Crippen LogP contribution >= 0.6 is 11.6 Å². The molecular weight excluding hydrogens is 376 g/mol. The van der Waals surface area contributed by atoms with E-state index in [0.717, 1.165) is 48.6 Å². The standard InChI is InChI=1S/C22H23ClN2O3/c23-18-9-7-16(8-10-18)21-12-20(28-24-21)15-25(14-19-5-3-11-27-19)13-17-4-1-2-6-22(17)26/h1-2,4,6-10,12,19,26H,3,5,11,13-15H2. The molecule has 2 heterocycles. The Morgan fingerprint density at radius 1 is 1.11 bits per heavy atom. The fourth-order valence-electron chi connectivity index (χ4n) is 3.51. The molecule has 0 amide bonds. The van der Waals surface area contributed by atoms with Crippen molar-refractivity contribution >= 4 is 11.6 Å². The lowest BCUT2D eigenvalue weighted by Gasteiger charge is -2.24. The van der Waals surface area contributed by atoms with Gasteiger partial charge in [-0.05, 0) is 31.0 Å². The highest BCUT2D eigenvalue weighted by Gasteiger charge is 2.21. The van der Waals surface area contributed by atoms with E-state index >= 15 is 0 Å². The van der Waals surface area contributed by atoms with Crippen LogP contribution in [0.2, 0.25) is 5.02 Å². The first kappa shape index (κ1) is 19.0. The van der Waals surface area contributed by atoms with Gasteiger partial charge >= 0.3 is 0 Å². The van der Waals surface area contributed by atoms with Gasteiger partial charge in [-0.1, -0.05) is 47.1 Å². The third-order valence-corrected chi connectivity index (χ3v) is 5.20. The molecule has 4 rings (SSSR count). The number of nitrogens with zero attached hydrogens (tertiary/aromatic N) is 2. The van der Waals surface area contributed by atoms with Gasteiger partial charge in [0.15, 0.2) is 5.76 Å². The fraction of sp³-hybridized carbons (Fsp3) is 0.318. The normalized spacial score (nSPS) is 16.7. The molecule has 2 aromatic carbocycles. The molecule has 146 valence electrons. The zero-order valence-electron chi connectivity index (χ0n) is 15.6. The highest BCUT2D eigenvalue weighted by molar-refractivity contribution is 6.30. The maximum atomic E-state index is 10.2. The Hall–Kier alpha value is -2.34. The van der Waals surface area contributed by atoms with Crippen LogP contribution in [0.1, 0.15) is 24.2 Å². The van der Waals surface area contributed by atoms with E-state index in [1.54, 1.807) is 6.07 Å². The highest BCUT2D eigenvalue weighted by atomic mass is 35.5. The second-order valence-electron chi connectivity index (χ2n) is 7.12. The van der Waals surface area contributed by atoms with Crippen LogP contribution in [0.25, 0.3) is 11.3 Å². The molecule has 1 aromatic heterocycles. The first-order valence-corrected chi connectivity index (χ1v) is 9.87. The van der Waals surface area contributed by atoms with Crippen LogP contribution in [0.15, 0.2) is 59.1 Å². The summed E-state index contributed by atoms with van der Waals surface area (Å²) in [7, 11) is 0. The second-order valence-corrected chi connectivity index (χ2v) is 7.56. The summed E-state index contributed by atoms with van der Waals surface area (Å²) in [6, 6.07) is 16.9. The fourth-order valence-corrected chi connectivity index (χ4v) is 3.64. The summed E-state index contributed by atoms with van der Waals surface area (Å²) >= 11 is 5.96. The van der Waals surface area contributed by atoms with E-state index < -0.39 is 0 Å². The van der Waals surface area contributed by atoms with Crippen molar-refractivity contribution in [3.8, 4) is 17.0 Å². The second kappa shape index (κ2) is 8.78. The summed E-state index contributed by atoms with van der Waals surface area (Å²) in [4.78, 5) is 2.23. The van der Waals surface area contributed by atoms with Gasteiger partial charge in [0, 0.05) is 41.9 Å². The monoisotopic (exact) mass is 398 g/mol. The van der Waals surface area contributed by atoms with Crippen LogP contribution in [0.5, 0.6) is 5.75 Å². The van der Waals surface area contributed by atoms with Gasteiger partial charge in [-0.2, -0.15) is 0 Å². The minimum absolute atomic E-state index is 0.213. The lowest BCUT2D eigenvalue weighted by atomic mass is 10.1. The smallest absolute Gasteiger partial charge is 0.151 e. The van der Waals surface area contributed by atoms with E-state index in [1.807, 2.05) is 48.5 Å². The number of rotatable bonds is 7. The van der Waals surface area contributed by atoms with E-state index in [2.05, 4.69) is 10.1 Å². The zero-order valence-corrected chi connectivity index (χ0v) is 16.3. The Morgan fingerprint density at radius 2 is 1.93 bits per heavy atom. The van der Waals surface area contributed by atoms with Gasteiger partial charge in [0.2, 0.25) is 0 Å². The molecule has 1 aliphatic rings. The third kappa shape index (κ3) is 4.73. The van der Waals surface area contributed by atoms with Crippen molar-refractivity contribution in [1.82, 2.24) is 10.1 Å². The SMILES string of the molecule is Oc1ccccc1CN(Cc1cc(-c2ccc(Cl)cc2)no1)CC1CCCO1. The summed E-state index contributed by atoms with van der Waals surface area (Å²) in [5.74, 6) is 1.08. The van der Waals surface area contributed by atoms with E-state index in [4.69, 9.17) is 20.9 Å². The molecule has 0 bridgehead atoms. The Labute approximate surface area is 169 Å². The maximum absolute atomic E-state index is 10.2. The van der Waals surface area contributed by atoms with Crippen LogP contribution in [0, 0.1) is 0 Å². The van der Waals surface area contributed by atoms with Crippen molar-refractivity contribution in [3.05, 3.63) is 70.9 Å². The number of phenolic OH excluding ortho intramolecular Hbond substituents is 1. The molecule has 0 radical (unpaired) electrons. The molecule has 1 fully saturated rings. The Bertz CT molecular complexity index is 904. The number of aromatic nitrogens is 1. The van der Waals surface area contributed by atoms with E-state index in [-0.39, 0.29) is 6.10 Å². The van der Waals surface area contributed by atoms with Gasteiger partial charge in [-0.15, -0.1) is 0 Å². The molecule has 6 heteroatoms. The predicted octanol–water partition coefficient (Wildman–Crippen LogP) is 4.88. The van der Waals surface area contributed by atoms with Crippen LogP contribution in [-0.2, 0) is 17.8 Å². The molecule has 1 aliphatic heterocycles. The first-order valence-electron chi connectivity index (χ1n) is 9.50. The van der Waals surface area contributed by atoms with Crippen molar-refractivity contribution in [2.75, 3.05) is 13.2 Å². The van der Waals surface area contributed by atoms with Crippen molar-refractivity contribution in [2.45, 2.75) is 32.0 Å². The summed E-state index contributed by atoms with van der Waals surface area (Å²) in [6.45, 7) is 2.81. The summed E-state index contributed by atoms with van der Waals surface area (Å²) in [5, 5.41) is 15.0. The Morgan fingerprint density at radius 3 is 2.68 bits per heavy atom. The van der Waals surface area contributed by atoms with E-state index in [0.29, 0.717) is 23.9 Å². The number of para-hydroxylation sites is 1. The minimum Gasteiger partial charge on any atom is -0.508 e. The largest absolute Gasteiger partial charge is 0.508 e. The van der Waals surface area contributed by atoms with Gasteiger partial charge in [-0.25, -0.2) is 0 Å². The van der Waals surface area contributed by atoms with E-state index in [1.165, 1.54) is 0 Å². The van der Waals surface area contributed by atoms with Gasteiger partial charge in [-0.3, -0.25) is 4.90 Å². The molecule has 1 saturated heterocycles. The number of hydrogen-bond acceptors (Lipinski definition) is 5. The third-order valence-electron chi connectivity index (χ3n) is 4.95. The molecule has 0 spiro atoms. The van der Waals surface area contributed by atoms with Crippen molar-refractivity contribution < 1.29 is 14.4 Å². The first-order chi connectivity index (χ1) is 13.7. The zero-order chi connectivity index (χ0) is 19.3. The van der Waals surface area contributed by atoms with Gasteiger partial charge < -0.3 is 14.4 Å². The van der Waals surface area contributed by atoms with Crippen LogP contribution < -0.4 is 0 Å². The number of ether oxygens (including phenoxy) is 1. The number of phenols is 1. The number of benzene rings is 2. The van der Waals surface area contributed by atoms with Crippen molar-refractivity contribution in [2.24, 2.45) is 0 Å². The average Bonchev–Trinajstić information content (AvgIpc) is 3.36. The molecule has 3 aromatic rings. The highest BCUT2D eigenvalue weighted by Crippen LogP contribution is 2.24. The number of hydrogen-bond donors (Lipinski definition) is 1. The maximum Gasteiger partial charge on any atom is 0.151 e. The van der Waals surface area contributed by atoms with Crippen LogP contribution in [0.4, 0.5) is 0 Å². The predicted molar refractivity (Wildman–Crippen MR) is 108 cm³/mol. The average molecular weight is 399 g/mol. The molecular formula is C22H23ClN2O3.